The molecule has 152 valence electrons. The van der Waals surface area contributed by atoms with Crippen LogP contribution in [0.3, 0.4) is 0 Å². The molecule has 0 spiro atoms. The zero-order valence-electron chi connectivity index (χ0n) is 16.2. The number of sulfonamides is 1. The third-order valence-electron chi connectivity index (χ3n) is 5.78. The molecule has 4 rings (SSSR count). The lowest BCUT2D eigenvalue weighted by molar-refractivity contribution is -0.139. The van der Waals surface area contributed by atoms with E-state index < -0.39 is 10.0 Å². The predicted molar refractivity (Wildman–Crippen MR) is 108 cm³/mol. The first kappa shape index (κ1) is 19.7. The van der Waals surface area contributed by atoms with Gasteiger partial charge in [-0.05, 0) is 43.2 Å². The average Bonchev–Trinajstić information content (AvgIpc) is 3.15. The molecule has 0 bridgehead atoms. The van der Waals surface area contributed by atoms with Crippen LogP contribution in [0.15, 0.2) is 23.1 Å². The second kappa shape index (κ2) is 7.68. The monoisotopic (exact) mass is 422 g/mol. The molecule has 1 aromatic heterocycles. The molecule has 0 radical (unpaired) electrons. The molecule has 1 aromatic carbocycles. The maximum absolute atomic E-state index is 13.3. The molecule has 9 heteroatoms. The molecular weight excluding hydrogens is 396 g/mol. The van der Waals surface area contributed by atoms with E-state index >= 15 is 0 Å². The lowest BCUT2D eigenvalue weighted by Gasteiger charge is -2.39. The van der Waals surface area contributed by atoms with Crippen molar-refractivity contribution >= 4 is 38.7 Å². The van der Waals surface area contributed by atoms with Gasteiger partial charge in [0, 0.05) is 26.2 Å². The number of amides is 1. The standard InChI is InChI=1S/C19H26N4O3S2/c1-13-9-14(2)11-22(10-13)19(24)15-5-4-8-23(12-15)28(25,26)17-7-3-6-16-18(17)21-27-20-16/h3,6-7,13-15H,4-5,8-12H2,1-2H3. The molecule has 3 atom stereocenters. The van der Waals surface area contributed by atoms with Gasteiger partial charge in [0.05, 0.1) is 17.6 Å². The molecule has 2 aromatic rings. The zero-order valence-corrected chi connectivity index (χ0v) is 17.9. The van der Waals surface area contributed by atoms with Crippen molar-refractivity contribution in [3.8, 4) is 0 Å². The van der Waals surface area contributed by atoms with Crippen molar-refractivity contribution in [2.24, 2.45) is 17.8 Å². The molecule has 7 nitrogen and oxygen atoms in total. The third kappa shape index (κ3) is 3.67. The summed E-state index contributed by atoms with van der Waals surface area (Å²) in [6.07, 6.45) is 2.58. The number of carbonyl (C=O) groups excluding carboxylic acids is 1. The van der Waals surface area contributed by atoms with Gasteiger partial charge in [-0.15, -0.1) is 0 Å². The van der Waals surface area contributed by atoms with E-state index in [1.165, 1.54) is 4.31 Å². The average molecular weight is 423 g/mol. The van der Waals surface area contributed by atoms with Gasteiger partial charge >= 0.3 is 0 Å². The van der Waals surface area contributed by atoms with Crippen LogP contribution in [0.25, 0.3) is 11.0 Å². The number of piperidine rings is 2. The Labute approximate surface area is 170 Å². The number of nitrogens with zero attached hydrogens (tertiary/aromatic N) is 4. The largest absolute Gasteiger partial charge is 0.342 e. The maximum atomic E-state index is 13.3. The lowest BCUT2D eigenvalue weighted by atomic mass is 9.90. The molecule has 2 saturated heterocycles. The van der Waals surface area contributed by atoms with Crippen LogP contribution in [0.4, 0.5) is 0 Å². The fourth-order valence-electron chi connectivity index (χ4n) is 4.59. The van der Waals surface area contributed by atoms with Crippen LogP contribution >= 0.6 is 11.7 Å². The molecule has 0 N–H and O–H groups in total. The molecule has 2 aliphatic heterocycles. The Balaban J connectivity index is 1.55. The number of hydrogen-bond acceptors (Lipinski definition) is 6. The van der Waals surface area contributed by atoms with Crippen molar-refractivity contribution in [2.75, 3.05) is 26.2 Å². The smallest absolute Gasteiger partial charge is 0.245 e. The van der Waals surface area contributed by atoms with Crippen molar-refractivity contribution in [1.82, 2.24) is 18.0 Å². The number of benzene rings is 1. The highest BCUT2D eigenvalue weighted by Crippen LogP contribution is 2.30. The molecule has 0 saturated carbocycles. The van der Waals surface area contributed by atoms with E-state index in [-0.39, 0.29) is 23.3 Å². The summed E-state index contributed by atoms with van der Waals surface area (Å²) in [5.41, 5.74) is 1.01. The van der Waals surface area contributed by atoms with Crippen molar-refractivity contribution in [2.45, 2.75) is 38.0 Å². The molecule has 0 aliphatic carbocycles. The van der Waals surface area contributed by atoms with Gasteiger partial charge in [0.25, 0.3) is 0 Å². The van der Waals surface area contributed by atoms with E-state index in [1.807, 2.05) is 4.90 Å². The van der Waals surface area contributed by atoms with E-state index in [2.05, 4.69) is 22.6 Å². The normalized spacial score (nSPS) is 27.2. The summed E-state index contributed by atoms with van der Waals surface area (Å²) < 4.78 is 36.4. The summed E-state index contributed by atoms with van der Waals surface area (Å²) in [5, 5.41) is 0. The van der Waals surface area contributed by atoms with Gasteiger partial charge in [-0.3, -0.25) is 4.79 Å². The highest BCUT2D eigenvalue weighted by Gasteiger charge is 2.37. The number of aromatic nitrogens is 2. The van der Waals surface area contributed by atoms with E-state index in [4.69, 9.17) is 0 Å². The first-order valence-corrected chi connectivity index (χ1v) is 12.0. The second-order valence-electron chi connectivity index (χ2n) is 8.28. The first-order chi connectivity index (χ1) is 13.4. The highest BCUT2D eigenvalue weighted by molar-refractivity contribution is 7.89. The number of rotatable bonds is 3. The maximum Gasteiger partial charge on any atom is 0.245 e. The summed E-state index contributed by atoms with van der Waals surface area (Å²) in [6.45, 7) is 6.58. The van der Waals surface area contributed by atoms with Gasteiger partial charge in [-0.25, -0.2) is 8.42 Å². The van der Waals surface area contributed by atoms with Gasteiger partial charge in [0.2, 0.25) is 15.9 Å². The molecule has 3 unspecified atom stereocenters. The van der Waals surface area contributed by atoms with Crippen LogP contribution in [0.1, 0.15) is 33.1 Å². The summed E-state index contributed by atoms with van der Waals surface area (Å²) in [6, 6.07) is 5.04. The topological polar surface area (TPSA) is 83.5 Å². The van der Waals surface area contributed by atoms with Crippen LogP contribution in [0.2, 0.25) is 0 Å². The Morgan fingerprint density at radius 1 is 1.14 bits per heavy atom. The lowest BCUT2D eigenvalue weighted by Crippen LogP contribution is -2.50. The summed E-state index contributed by atoms with van der Waals surface area (Å²) in [4.78, 5) is 15.2. The van der Waals surface area contributed by atoms with Gasteiger partial charge in [0.15, 0.2) is 0 Å². The van der Waals surface area contributed by atoms with Gasteiger partial charge in [0.1, 0.15) is 15.9 Å². The number of hydrogen-bond donors (Lipinski definition) is 0. The summed E-state index contributed by atoms with van der Waals surface area (Å²) >= 11 is 1.01. The Kier molecular flexibility index (Phi) is 5.41. The van der Waals surface area contributed by atoms with Crippen LogP contribution in [-0.2, 0) is 14.8 Å². The molecule has 2 fully saturated rings. The van der Waals surface area contributed by atoms with Gasteiger partial charge < -0.3 is 4.90 Å². The molecule has 3 heterocycles. The Bertz CT molecular complexity index is 964. The van der Waals surface area contributed by atoms with Crippen molar-refractivity contribution < 1.29 is 13.2 Å². The number of likely N-dealkylation sites (tertiary alicyclic amines) is 1. The summed E-state index contributed by atoms with van der Waals surface area (Å²) in [7, 11) is -3.71. The van der Waals surface area contributed by atoms with Crippen molar-refractivity contribution in [3.63, 3.8) is 0 Å². The quantitative estimate of drug-likeness (QED) is 0.759. The molecule has 1 amide bonds. The molecule has 2 aliphatic rings. The minimum atomic E-state index is -3.71. The minimum absolute atomic E-state index is 0.104. The van der Waals surface area contributed by atoms with Crippen LogP contribution in [-0.4, -0.2) is 58.5 Å². The second-order valence-corrected chi connectivity index (χ2v) is 10.7. The van der Waals surface area contributed by atoms with Crippen LogP contribution < -0.4 is 0 Å². The third-order valence-corrected chi connectivity index (χ3v) is 8.22. The Hall–Kier alpha value is -1.58. The fraction of sp³-hybridized carbons (Fsp3) is 0.632. The Morgan fingerprint density at radius 3 is 2.64 bits per heavy atom. The van der Waals surface area contributed by atoms with Crippen LogP contribution in [0, 0.1) is 17.8 Å². The molecule has 28 heavy (non-hydrogen) atoms. The van der Waals surface area contributed by atoms with Gasteiger partial charge in [-0.1, -0.05) is 19.9 Å². The fourth-order valence-corrected chi connectivity index (χ4v) is 6.87. The van der Waals surface area contributed by atoms with Crippen molar-refractivity contribution in [1.29, 1.82) is 0 Å². The predicted octanol–water partition coefficient (Wildman–Crippen LogP) is 2.60. The van der Waals surface area contributed by atoms with E-state index in [0.29, 0.717) is 35.8 Å². The highest BCUT2D eigenvalue weighted by atomic mass is 32.2. The summed E-state index contributed by atoms with van der Waals surface area (Å²) in [5.74, 6) is 0.817. The number of carbonyl (C=O) groups is 1. The Morgan fingerprint density at radius 2 is 1.89 bits per heavy atom. The zero-order chi connectivity index (χ0) is 19.9. The van der Waals surface area contributed by atoms with Crippen LogP contribution in [0.5, 0.6) is 0 Å². The number of fused-ring (bicyclic) bond motifs is 1. The van der Waals surface area contributed by atoms with Gasteiger partial charge in [-0.2, -0.15) is 13.1 Å². The first-order valence-electron chi connectivity index (χ1n) is 9.86. The van der Waals surface area contributed by atoms with E-state index in [9.17, 15) is 13.2 Å². The molecular formula is C19H26N4O3S2. The SMILES string of the molecule is CC1CC(C)CN(C(=O)C2CCCN(S(=O)(=O)c3cccc4nsnc34)C2)C1. The van der Waals surface area contributed by atoms with E-state index in [1.54, 1.807) is 18.2 Å². The van der Waals surface area contributed by atoms with E-state index in [0.717, 1.165) is 37.7 Å². The van der Waals surface area contributed by atoms with Crippen molar-refractivity contribution in [3.05, 3.63) is 18.2 Å². The minimum Gasteiger partial charge on any atom is -0.342 e.